The molecule has 0 radical (unpaired) electrons. The van der Waals surface area contributed by atoms with Gasteiger partial charge in [0.15, 0.2) is 0 Å². The maximum absolute atomic E-state index is 7.97. The average Bonchev–Trinajstić information content (AvgIpc) is 3.07. The van der Waals surface area contributed by atoms with Crippen LogP contribution in [0.4, 0.5) is 0 Å². The summed E-state index contributed by atoms with van der Waals surface area (Å²) >= 11 is 6.11. The molecule has 1 saturated heterocycles. The van der Waals surface area contributed by atoms with Crippen molar-refractivity contribution in [3.63, 3.8) is 0 Å². The SMILES string of the molecule is N=C/C(=C\NC1CCCCO1)c1cc2nc(Cl)ccc2n1Cc1ccccc1. The fourth-order valence-corrected chi connectivity index (χ4v) is 3.69. The maximum Gasteiger partial charge on any atom is 0.129 e. The zero-order chi connectivity index (χ0) is 19.3. The Balaban J connectivity index is 1.73. The molecule has 1 fully saturated rings. The van der Waals surface area contributed by atoms with Gasteiger partial charge < -0.3 is 20.0 Å². The van der Waals surface area contributed by atoms with Crippen molar-refractivity contribution in [2.24, 2.45) is 0 Å². The first-order valence-corrected chi connectivity index (χ1v) is 9.91. The summed E-state index contributed by atoms with van der Waals surface area (Å²) in [5.74, 6) is 0. The van der Waals surface area contributed by atoms with E-state index in [0.29, 0.717) is 11.7 Å². The molecule has 1 atom stereocenters. The molecule has 4 rings (SSSR count). The summed E-state index contributed by atoms with van der Waals surface area (Å²) in [5.41, 5.74) is 4.69. The van der Waals surface area contributed by atoms with Crippen LogP contribution in [0.1, 0.15) is 30.5 Å². The van der Waals surface area contributed by atoms with Gasteiger partial charge in [-0.1, -0.05) is 41.9 Å². The zero-order valence-corrected chi connectivity index (χ0v) is 16.3. The molecule has 2 N–H and O–H groups in total. The van der Waals surface area contributed by atoms with Crippen LogP contribution in [-0.4, -0.2) is 28.6 Å². The lowest BCUT2D eigenvalue weighted by Crippen LogP contribution is -2.31. The third-order valence-corrected chi connectivity index (χ3v) is 5.17. The van der Waals surface area contributed by atoms with Crippen molar-refractivity contribution in [1.82, 2.24) is 14.9 Å². The van der Waals surface area contributed by atoms with Crippen molar-refractivity contribution < 1.29 is 4.74 Å². The number of pyridine rings is 1. The molecule has 28 heavy (non-hydrogen) atoms. The predicted octanol–water partition coefficient (Wildman–Crippen LogP) is 4.84. The number of ether oxygens (including phenoxy) is 1. The summed E-state index contributed by atoms with van der Waals surface area (Å²) in [6.45, 7) is 1.47. The van der Waals surface area contributed by atoms with Crippen molar-refractivity contribution in [2.75, 3.05) is 6.61 Å². The minimum absolute atomic E-state index is 0.00298. The molecule has 0 saturated carbocycles. The molecule has 0 bridgehead atoms. The second kappa shape index (κ2) is 8.59. The number of hydrogen-bond donors (Lipinski definition) is 2. The smallest absolute Gasteiger partial charge is 0.129 e. The normalized spacial score (nSPS) is 17.6. The summed E-state index contributed by atoms with van der Waals surface area (Å²) in [7, 11) is 0. The van der Waals surface area contributed by atoms with Crippen LogP contribution in [0, 0.1) is 5.41 Å². The third kappa shape index (κ3) is 4.11. The first-order valence-electron chi connectivity index (χ1n) is 9.53. The molecule has 6 heteroatoms. The second-order valence-electron chi connectivity index (χ2n) is 6.91. The van der Waals surface area contributed by atoms with E-state index in [2.05, 4.69) is 27.0 Å². The van der Waals surface area contributed by atoms with E-state index in [1.807, 2.05) is 36.5 Å². The summed E-state index contributed by atoms with van der Waals surface area (Å²) in [5, 5.41) is 11.8. The van der Waals surface area contributed by atoms with E-state index < -0.39 is 0 Å². The van der Waals surface area contributed by atoms with Gasteiger partial charge in [0.1, 0.15) is 11.4 Å². The zero-order valence-electron chi connectivity index (χ0n) is 15.6. The van der Waals surface area contributed by atoms with E-state index in [0.717, 1.165) is 48.2 Å². The minimum Gasteiger partial charge on any atom is -0.366 e. The van der Waals surface area contributed by atoms with Crippen LogP contribution < -0.4 is 5.32 Å². The van der Waals surface area contributed by atoms with Gasteiger partial charge in [-0.2, -0.15) is 0 Å². The number of nitrogens with one attached hydrogen (secondary N) is 2. The molecular formula is C22H23ClN4O. The molecule has 0 amide bonds. The van der Waals surface area contributed by atoms with Crippen molar-refractivity contribution in [3.8, 4) is 0 Å². The predicted molar refractivity (Wildman–Crippen MR) is 114 cm³/mol. The van der Waals surface area contributed by atoms with Gasteiger partial charge in [0.25, 0.3) is 0 Å². The van der Waals surface area contributed by atoms with Crippen LogP contribution in [-0.2, 0) is 11.3 Å². The van der Waals surface area contributed by atoms with E-state index >= 15 is 0 Å². The highest BCUT2D eigenvalue weighted by Crippen LogP contribution is 2.26. The van der Waals surface area contributed by atoms with Gasteiger partial charge >= 0.3 is 0 Å². The van der Waals surface area contributed by atoms with Crippen LogP contribution in [0.3, 0.4) is 0 Å². The summed E-state index contributed by atoms with van der Waals surface area (Å²) in [4.78, 5) is 4.46. The topological polar surface area (TPSA) is 62.9 Å². The molecule has 0 aliphatic carbocycles. The van der Waals surface area contributed by atoms with E-state index in [1.165, 1.54) is 11.8 Å². The molecule has 2 aromatic heterocycles. The summed E-state index contributed by atoms with van der Waals surface area (Å²) in [6, 6.07) is 16.0. The fraction of sp³-hybridized carbons (Fsp3) is 0.273. The molecule has 3 heterocycles. The molecule has 0 spiro atoms. The number of allylic oxidation sites excluding steroid dienone is 1. The molecule has 1 aliphatic rings. The Morgan fingerprint density at radius 2 is 2.11 bits per heavy atom. The number of halogens is 1. The van der Waals surface area contributed by atoms with Crippen LogP contribution in [0.5, 0.6) is 0 Å². The molecule has 1 aliphatic heterocycles. The van der Waals surface area contributed by atoms with E-state index in [9.17, 15) is 0 Å². The van der Waals surface area contributed by atoms with Crippen LogP contribution >= 0.6 is 11.6 Å². The van der Waals surface area contributed by atoms with E-state index in [-0.39, 0.29) is 6.23 Å². The standard InChI is InChI=1S/C22H23ClN4O/c23-21-10-9-19-18(26-21)12-20(27(19)15-16-6-2-1-3-7-16)17(13-24)14-25-22-8-4-5-11-28-22/h1-3,6-7,9-10,12-14,22,24-25H,4-5,8,11,15H2/b17-14+,24-13?. The van der Waals surface area contributed by atoms with Gasteiger partial charge in [-0.25, -0.2) is 4.98 Å². The first-order chi connectivity index (χ1) is 13.7. The minimum atomic E-state index is 0.00298. The van der Waals surface area contributed by atoms with Gasteiger partial charge in [-0.15, -0.1) is 0 Å². The Morgan fingerprint density at radius 1 is 1.25 bits per heavy atom. The highest BCUT2D eigenvalue weighted by atomic mass is 35.5. The van der Waals surface area contributed by atoms with Gasteiger partial charge in [-0.05, 0) is 43.0 Å². The van der Waals surface area contributed by atoms with Gasteiger partial charge in [0.05, 0.1) is 16.7 Å². The van der Waals surface area contributed by atoms with Crippen LogP contribution in [0.2, 0.25) is 5.15 Å². The van der Waals surface area contributed by atoms with Crippen LogP contribution in [0.25, 0.3) is 16.6 Å². The Bertz CT molecular complexity index is 990. The number of fused-ring (bicyclic) bond motifs is 1. The lowest BCUT2D eigenvalue weighted by Gasteiger charge is -2.23. The number of rotatable bonds is 6. The molecule has 1 aromatic carbocycles. The lowest BCUT2D eigenvalue weighted by atomic mass is 10.1. The second-order valence-corrected chi connectivity index (χ2v) is 7.29. The van der Waals surface area contributed by atoms with E-state index in [4.69, 9.17) is 21.7 Å². The maximum atomic E-state index is 7.97. The number of hydrogen-bond acceptors (Lipinski definition) is 4. The third-order valence-electron chi connectivity index (χ3n) is 4.96. The van der Waals surface area contributed by atoms with Crippen LogP contribution in [0.15, 0.2) is 54.7 Å². The summed E-state index contributed by atoms with van der Waals surface area (Å²) < 4.78 is 7.92. The molecule has 5 nitrogen and oxygen atoms in total. The average molecular weight is 395 g/mol. The largest absolute Gasteiger partial charge is 0.366 e. The van der Waals surface area contributed by atoms with Crippen molar-refractivity contribution in [3.05, 3.63) is 71.1 Å². The molecule has 1 unspecified atom stereocenters. The first kappa shape index (κ1) is 18.7. The molecule has 144 valence electrons. The van der Waals surface area contributed by atoms with Crippen molar-refractivity contribution in [1.29, 1.82) is 5.41 Å². The molecular weight excluding hydrogens is 372 g/mol. The van der Waals surface area contributed by atoms with Crippen molar-refractivity contribution >= 4 is 34.4 Å². The Labute approximate surface area is 169 Å². The van der Waals surface area contributed by atoms with Gasteiger partial charge in [-0.3, -0.25) is 0 Å². The summed E-state index contributed by atoms with van der Waals surface area (Å²) in [6.07, 6.45) is 6.49. The Hall–Kier alpha value is -2.63. The number of aromatic nitrogens is 2. The monoisotopic (exact) mass is 394 g/mol. The number of benzene rings is 1. The quantitative estimate of drug-likeness (QED) is 0.464. The number of nitrogens with zero attached hydrogens (tertiary/aromatic N) is 2. The van der Waals surface area contributed by atoms with Gasteiger partial charge in [0.2, 0.25) is 0 Å². The highest BCUT2D eigenvalue weighted by molar-refractivity contribution is 6.29. The van der Waals surface area contributed by atoms with Gasteiger partial charge in [0, 0.05) is 31.1 Å². The molecule has 3 aromatic rings. The van der Waals surface area contributed by atoms with Crippen molar-refractivity contribution in [2.45, 2.75) is 32.0 Å². The fourth-order valence-electron chi connectivity index (χ4n) is 3.53. The Kier molecular flexibility index (Phi) is 5.74. The lowest BCUT2D eigenvalue weighted by molar-refractivity contribution is 0.00347. The van der Waals surface area contributed by atoms with E-state index in [1.54, 1.807) is 6.07 Å². The highest BCUT2D eigenvalue weighted by Gasteiger charge is 2.15. The Morgan fingerprint density at radius 3 is 2.86 bits per heavy atom.